The molecule has 1 aliphatic heterocycles. The average Bonchev–Trinajstić information content (AvgIpc) is 2.67. The van der Waals surface area contributed by atoms with Gasteiger partial charge in [-0.05, 0) is 26.8 Å². The van der Waals surface area contributed by atoms with Gasteiger partial charge < -0.3 is 10.2 Å². The topological polar surface area (TPSA) is 32.3 Å². The lowest BCUT2D eigenvalue weighted by atomic mass is 10.1. The zero-order valence-corrected chi connectivity index (χ0v) is 8.72. The Hall–Kier alpha value is -0.640. The lowest BCUT2D eigenvalue weighted by molar-refractivity contribution is -0.136. The number of carbonyl (C=O) groups excluding carboxylic acids is 1. The number of alkyl halides is 1. The molecule has 0 aromatic carbocycles. The van der Waals surface area contributed by atoms with E-state index in [0.29, 0.717) is 12.5 Å². The van der Waals surface area contributed by atoms with Gasteiger partial charge in [-0.2, -0.15) is 0 Å². The summed E-state index contributed by atoms with van der Waals surface area (Å²) in [7, 11) is 1.90. The van der Waals surface area contributed by atoms with Crippen molar-refractivity contribution in [2.24, 2.45) is 5.41 Å². The molecule has 80 valence electrons. The smallest absolute Gasteiger partial charge is 0.231 e. The molecule has 1 saturated carbocycles. The number of nitrogens with one attached hydrogen (secondary N) is 1. The Balaban J connectivity index is 1.94. The molecule has 0 bridgehead atoms. The van der Waals surface area contributed by atoms with Crippen LogP contribution in [-0.4, -0.2) is 43.2 Å². The monoisotopic (exact) mass is 200 g/mol. The van der Waals surface area contributed by atoms with Gasteiger partial charge in [-0.15, -0.1) is 0 Å². The maximum Gasteiger partial charge on any atom is 0.231 e. The van der Waals surface area contributed by atoms with Crippen molar-refractivity contribution in [3.05, 3.63) is 0 Å². The van der Waals surface area contributed by atoms with Crippen molar-refractivity contribution in [2.75, 3.05) is 20.1 Å². The van der Waals surface area contributed by atoms with Gasteiger partial charge in [0.25, 0.3) is 0 Å². The Morgan fingerprint density at radius 3 is 2.71 bits per heavy atom. The summed E-state index contributed by atoms with van der Waals surface area (Å²) < 4.78 is 13.0. The molecule has 3 atom stereocenters. The minimum absolute atomic E-state index is 0.00255. The predicted octanol–water partition coefficient (Wildman–Crippen LogP) is 0.555. The zero-order chi connectivity index (χ0) is 10.3. The summed E-state index contributed by atoms with van der Waals surface area (Å²) in [5.74, 6) is 0.00255. The van der Waals surface area contributed by atoms with Crippen LogP contribution < -0.4 is 5.32 Å². The number of rotatable bonds is 2. The Morgan fingerprint density at radius 1 is 1.64 bits per heavy atom. The van der Waals surface area contributed by atoms with Gasteiger partial charge in [-0.25, -0.2) is 4.39 Å². The summed E-state index contributed by atoms with van der Waals surface area (Å²) >= 11 is 0. The summed E-state index contributed by atoms with van der Waals surface area (Å²) in [6, 6.07) is 0.388. The fourth-order valence-electron chi connectivity index (χ4n) is 2.08. The number of hydrogen-bond acceptors (Lipinski definition) is 2. The molecule has 3 unspecified atom stereocenters. The summed E-state index contributed by atoms with van der Waals surface area (Å²) in [4.78, 5) is 13.7. The highest BCUT2D eigenvalue weighted by molar-refractivity contribution is 5.86. The van der Waals surface area contributed by atoms with Crippen LogP contribution in [0.3, 0.4) is 0 Å². The number of likely N-dealkylation sites (N-methyl/N-ethyl adjacent to an activating group) is 1. The largest absolute Gasteiger partial charge is 0.341 e. The molecule has 0 spiro atoms. The second kappa shape index (κ2) is 3.19. The van der Waals surface area contributed by atoms with Crippen LogP contribution >= 0.6 is 0 Å². The molecular weight excluding hydrogens is 183 g/mol. The maximum absolute atomic E-state index is 13.0. The van der Waals surface area contributed by atoms with Gasteiger partial charge in [0.1, 0.15) is 6.17 Å². The third-order valence-corrected chi connectivity index (χ3v) is 3.51. The first-order valence-electron chi connectivity index (χ1n) is 5.18. The van der Waals surface area contributed by atoms with Crippen LogP contribution in [-0.2, 0) is 4.79 Å². The SMILES string of the molecule is CNC1CCN(C(=O)C2(C)CC2F)C1. The van der Waals surface area contributed by atoms with E-state index in [0.717, 1.165) is 19.5 Å². The van der Waals surface area contributed by atoms with Gasteiger partial charge in [-0.1, -0.05) is 0 Å². The van der Waals surface area contributed by atoms with Crippen LogP contribution in [0.2, 0.25) is 0 Å². The van der Waals surface area contributed by atoms with Crippen LogP contribution in [0.5, 0.6) is 0 Å². The van der Waals surface area contributed by atoms with Gasteiger partial charge in [0.2, 0.25) is 5.91 Å². The molecule has 0 radical (unpaired) electrons. The van der Waals surface area contributed by atoms with Gasteiger partial charge >= 0.3 is 0 Å². The van der Waals surface area contributed by atoms with E-state index < -0.39 is 11.6 Å². The third-order valence-electron chi connectivity index (χ3n) is 3.51. The summed E-state index contributed by atoms with van der Waals surface area (Å²) in [6.45, 7) is 3.23. The summed E-state index contributed by atoms with van der Waals surface area (Å²) in [6.07, 6.45) is 0.477. The second-order valence-corrected chi connectivity index (χ2v) is 4.61. The van der Waals surface area contributed by atoms with Gasteiger partial charge in [0, 0.05) is 19.1 Å². The molecule has 2 rings (SSSR count). The average molecular weight is 200 g/mol. The van der Waals surface area contributed by atoms with Crippen LogP contribution in [0.4, 0.5) is 4.39 Å². The van der Waals surface area contributed by atoms with E-state index in [2.05, 4.69) is 5.32 Å². The molecule has 0 aromatic rings. The van der Waals surface area contributed by atoms with Crippen LogP contribution in [0.1, 0.15) is 19.8 Å². The molecule has 14 heavy (non-hydrogen) atoms. The Morgan fingerprint density at radius 2 is 2.29 bits per heavy atom. The van der Waals surface area contributed by atoms with E-state index in [1.165, 1.54) is 0 Å². The normalized spacial score (nSPS) is 41.5. The number of hydrogen-bond donors (Lipinski definition) is 1. The standard InChI is InChI=1S/C10H17FN2O/c1-10(5-8(10)11)9(14)13-4-3-7(6-13)12-2/h7-8,12H,3-6H2,1-2H3. The molecular formula is C10H17FN2O. The third kappa shape index (κ3) is 1.41. The van der Waals surface area contributed by atoms with E-state index in [1.54, 1.807) is 11.8 Å². The molecule has 2 aliphatic rings. The van der Waals surface area contributed by atoms with Crippen LogP contribution in [0.15, 0.2) is 0 Å². The lowest BCUT2D eigenvalue weighted by Crippen LogP contribution is -2.38. The zero-order valence-electron chi connectivity index (χ0n) is 8.72. The maximum atomic E-state index is 13.0. The number of halogens is 1. The van der Waals surface area contributed by atoms with E-state index in [4.69, 9.17) is 0 Å². The van der Waals surface area contributed by atoms with Gasteiger partial charge in [-0.3, -0.25) is 4.79 Å². The highest BCUT2D eigenvalue weighted by Crippen LogP contribution is 2.49. The number of carbonyl (C=O) groups is 1. The van der Waals surface area contributed by atoms with Gasteiger partial charge in [0.15, 0.2) is 0 Å². The van der Waals surface area contributed by atoms with Gasteiger partial charge in [0.05, 0.1) is 5.41 Å². The highest BCUT2D eigenvalue weighted by Gasteiger charge is 2.58. The van der Waals surface area contributed by atoms with Crippen molar-refractivity contribution in [1.29, 1.82) is 0 Å². The molecule has 0 aromatic heterocycles. The molecule has 4 heteroatoms. The minimum atomic E-state index is -0.913. The number of likely N-dealkylation sites (tertiary alicyclic amines) is 1. The summed E-state index contributed by atoms with van der Waals surface area (Å²) in [5.41, 5.74) is -0.692. The minimum Gasteiger partial charge on any atom is -0.341 e. The first-order chi connectivity index (χ1) is 6.58. The first kappa shape index (κ1) is 9.90. The molecule has 3 nitrogen and oxygen atoms in total. The molecule has 1 heterocycles. The van der Waals surface area contributed by atoms with E-state index in [9.17, 15) is 9.18 Å². The molecule has 1 aliphatic carbocycles. The summed E-state index contributed by atoms with van der Waals surface area (Å²) in [5, 5.41) is 3.14. The van der Waals surface area contributed by atoms with E-state index in [-0.39, 0.29) is 5.91 Å². The molecule has 1 N–H and O–H groups in total. The van der Waals surface area contributed by atoms with Crippen molar-refractivity contribution in [3.8, 4) is 0 Å². The van der Waals surface area contributed by atoms with Crippen molar-refractivity contribution in [2.45, 2.75) is 32.0 Å². The van der Waals surface area contributed by atoms with Crippen molar-refractivity contribution >= 4 is 5.91 Å². The van der Waals surface area contributed by atoms with Crippen LogP contribution in [0.25, 0.3) is 0 Å². The van der Waals surface area contributed by atoms with Crippen molar-refractivity contribution < 1.29 is 9.18 Å². The number of amides is 1. The van der Waals surface area contributed by atoms with Crippen molar-refractivity contribution in [1.82, 2.24) is 10.2 Å². The highest BCUT2D eigenvalue weighted by atomic mass is 19.1. The van der Waals surface area contributed by atoms with Crippen LogP contribution in [0, 0.1) is 5.41 Å². The Labute approximate surface area is 83.6 Å². The lowest BCUT2D eigenvalue weighted by Gasteiger charge is -2.20. The first-order valence-corrected chi connectivity index (χ1v) is 5.18. The predicted molar refractivity (Wildman–Crippen MR) is 51.7 cm³/mol. The fourth-order valence-corrected chi connectivity index (χ4v) is 2.08. The van der Waals surface area contributed by atoms with E-state index in [1.807, 2.05) is 7.05 Å². The molecule has 2 fully saturated rings. The number of nitrogens with zero attached hydrogens (tertiary/aromatic N) is 1. The second-order valence-electron chi connectivity index (χ2n) is 4.61. The Bertz CT molecular complexity index is 259. The fraction of sp³-hybridized carbons (Fsp3) is 0.900. The molecule has 1 saturated heterocycles. The quantitative estimate of drug-likeness (QED) is 0.706. The van der Waals surface area contributed by atoms with Crippen molar-refractivity contribution in [3.63, 3.8) is 0 Å². The van der Waals surface area contributed by atoms with E-state index >= 15 is 0 Å². The molecule has 1 amide bonds. The Kier molecular flexibility index (Phi) is 2.26.